The van der Waals surface area contributed by atoms with Gasteiger partial charge in [0.05, 0.1) is 14.4 Å². The zero-order valence-electron chi connectivity index (χ0n) is 25.8. The quantitative estimate of drug-likeness (QED) is 0.106. The zero-order chi connectivity index (χ0) is 30.8. The van der Waals surface area contributed by atoms with Gasteiger partial charge in [-0.15, -0.1) is 0 Å². The smallest absolute Gasteiger partial charge is 0.214 e. The van der Waals surface area contributed by atoms with Crippen LogP contribution in [0.4, 0.5) is 5.69 Å². The lowest BCUT2D eigenvalue weighted by molar-refractivity contribution is -0.447. The highest BCUT2D eigenvalue weighted by Gasteiger charge is 2.39. The molecule has 0 fully saturated rings. The van der Waals surface area contributed by atoms with E-state index in [1.807, 2.05) is 18.4 Å². The monoisotopic (exact) mass is 605 g/mol. The highest BCUT2D eigenvalue weighted by Crippen LogP contribution is 2.40. The third-order valence-electron chi connectivity index (χ3n) is 9.42. The van der Waals surface area contributed by atoms with Crippen LogP contribution in [-0.4, -0.2) is 37.3 Å². The van der Waals surface area contributed by atoms with Crippen molar-refractivity contribution in [2.45, 2.75) is 19.1 Å². The third-order valence-corrected chi connectivity index (χ3v) is 10.9. The van der Waals surface area contributed by atoms with Crippen LogP contribution in [0.2, 0.25) is 13.1 Å². The molecule has 7 aromatic rings. The molecule has 0 amide bonds. The van der Waals surface area contributed by atoms with E-state index in [9.17, 15) is 0 Å². The number of allylic oxidation sites excluding steroid dienone is 1. The molecule has 46 heavy (non-hydrogen) atoms. The van der Waals surface area contributed by atoms with Crippen molar-refractivity contribution < 1.29 is 4.58 Å². The van der Waals surface area contributed by atoms with Gasteiger partial charge in [-0.1, -0.05) is 97.1 Å². The molecular weight excluding hydrogens is 575 g/mol. The zero-order valence-corrected chi connectivity index (χ0v) is 26.8. The van der Waals surface area contributed by atoms with Crippen LogP contribution in [0.1, 0.15) is 5.56 Å². The van der Waals surface area contributed by atoms with Gasteiger partial charge in [-0.2, -0.15) is 0 Å². The molecule has 2 aliphatic rings. The number of nitrogens with zero attached hydrogens (tertiary/aromatic N) is 3. The molecule has 0 spiro atoms. The number of dihydropyridines is 1. The van der Waals surface area contributed by atoms with Crippen LogP contribution in [-0.2, 0) is 0 Å². The summed E-state index contributed by atoms with van der Waals surface area (Å²) in [6.45, 7) is 4.69. The summed E-state index contributed by atoms with van der Waals surface area (Å²) < 4.78 is 2.29. The fourth-order valence-corrected chi connectivity index (χ4v) is 7.92. The van der Waals surface area contributed by atoms with Crippen LogP contribution in [0.5, 0.6) is 0 Å². The Morgan fingerprint density at radius 3 is 1.65 bits per heavy atom. The van der Waals surface area contributed by atoms with E-state index < -0.39 is 8.80 Å². The topological polar surface area (TPSA) is 27.7 Å². The van der Waals surface area contributed by atoms with Gasteiger partial charge in [0.1, 0.15) is 5.69 Å². The average Bonchev–Trinajstić information content (AvgIpc) is 3.50. The lowest BCUT2D eigenvalue weighted by Crippen LogP contribution is -2.27. The lowest BCUT2D eigenvalue weighted by atomic mass is 9.89. The van der Waals surface area contributed by atoms with Crippen molar-refractivity contribution in [3.05, 3.63) is 145 Å². The number of aliphatic imine (C=N–C) groups is 2. The Morgan fingerprint density at radius 1 is 0.565 bits per heavy atom. The largest absolute Gasteiger partial charge is 0.334 e. The summed E-state index contributed by atoms with van der Waals surface area (Å²) in [6.07, 6.45) is 6.00. The van der Waals surface area contributed by atoms with Gasteiger partial charge in [0.2, 0.25) is 6.04 Å². The molecular formula is C42H31N3Si+. The van der Waals surface area contributed by atoms with Crippen molar-refractivity contribution in [3.63, 3.8) is 0 Å². The van der Waals surface area contributed by atoms with Gasteiger partial charge in [0.25, 0.3) is 5.84 Å². The van der Waals surface area contributed by atoms with E-state index in [2.05, 4.69) is 150 Å². The van der Waals surface area contributed by atoms with Crippen LogP contribution in [0.25, 0.3) is 54.6 Å². The molecule has 0 aromatic heterocycles. The maximum absolute atomic E-state index is 4.94. The molecule has 217 valence electrons. The molecule has 0 bridgehead atoms. The molecule has 0 aliphatic carbocycles. The Kier molecular flexibility index (Phi) is 6.18. The van der Waals surface area contributed by atoms with E-state index >= 15 is 0 Å². The van der Waals surface area contributed by atoms with Crippen molar-refractivity contribution in [3.8, 4) is 22.3 Å². The van der Waals surface area contributed by atoms with Crippen LogP contribution >= 0.6 is 0 Å². The summed E-state index contributed by atoms with van der Waals surface area (Å²) in [5.74, 6) is 1.76. The van der Waals surface area contributed by atoms with Gasteiger partial charge in [0.15, 0.2) is 0 Å². The lowest BCUT2D eigenvalue weighted by Gasteiger charge is -2.15. The first-order valence-corrected chi connectivity index (χ1v) is 18.4. The number of hydrogen-bond donors (Lipinski definition) is 0. The van der Waals surface area contributed by atoms with E-state index in [0.717, 1.165) is 22.9 Å². The van der Waals surface area contributed by atoms with Crippen molar-refractivity contribution in [2.75, 3.05) is 0 Å². The summed E-state index contributed by atoms with van der Waals surface area (Å²) in [7, 11) is -0.446. The normalized spacial score (nSPS) is 15.9. The second kappa shape index (κ2) is 10.6. The van der Waals surface area contributed by atoms with Gasteiger partial charge < -0.3 is 0 Å². The fourth-order valence-electron chi connectivity index (χ4n) is 7.08. The van der Waals surface area contributed by atoms with Gasteiger partial charge in [-0.05, 0) is 120 Å². The molecule has 7 aromatic carbocycles. The molecule has 0 N–H and O–H groups in total. The number of amidine groups is 2. The summed E-state index contributed by atoms with van der Waals surface area (Å²) in [6, 6.07) is 47.0. The highest BCUT2D eigenvalue weighted by molar-refractivity contribution is 6.70. The summed E-state index contributed by atoms with van der Waals surface area (Å²) in [5, 5.41) is 9.30. The van der Waals surface area contributed by atoms with Crippen LogP contribution in [0.3, 0.4) is 0 Å². The van der Waals surface area contributed by atoms with Crippen LogP contribution < -0.4 is 5.19 Å². The Hall–Kier alpha value is -5.45. The van der Waals surface area contributed by atoms with Crippen LogP contribution in [0, 0.1) is 0 Å². The predicted molar refractivity (Wildman–Crippen MR) is 197 cm³/mol. The van der Waals surface area contributed by atoms with Crippen LogP contribution in [0.15, 0.2) is 150 Å². The number of fused-ring (bicyclic) bond motifs is 1. The molecule has 0 saturated heterocycles. The van der Waals surface area contributed by atoms with E-state index in [1.165, 1.54) is 59.8 Å². The standard InChI is InChI=1S/C42H31N3Si/c1-46(2)37-20-16-28(17-21-37)35-25-32-12-10-30-23-34(24-31-11-13-33(26-35)40(32)39(30)31)27-14-18-36(19-15-27)45-38-9-6-22-43-41(38)44-42(45)29-7-4-3-5-8-29/h3-26,38H,1-2H3/q+1. The van der Waals surface area contributed by atoms with Crippen molar-refractivity contribution in [1.29, 1.82) is 0 Å². The second-order valence-electron chi connectivity index (χ2n) is 12.5. The molecule has 3 nitrogen and oxygen atoms in total. The van der Waals surface area contributed by atoms with E-state index in [-0.39, 0.29) is 6.04 Å². The molecule has 1 radical (unpaired) electrons. The minimum absolute atomic E-state index is 0.00932. The Bertz CT molecular complexity index is 2350. The molecule has 4 heteroatoms. The Morgan fingerprint density at radius 2 is 1.11 bits per heavy atom. The first-order chi connectivity index (χ1) is 22.6. The number of rotatable bonds is 5. The average molecular weight is 606 g/mol. The highest BCUT2D eigenvalue weighted by atomic mass is 28.3. The maximum atomic E-state index is 4.94. The van der Waals surface area contributed by atoms with Gasteiger partial charge >= 0.3 is 5.84 Å². The number of hydrogen-bond acceptors (Lipinski definition) is 2. The van der Waals surface area contributed by atoms with Crippen molar-refractivity contribution in [2.24, 2.45) is 9.98 Å². The van der Waals surface area contributed by atoms with E-state index in [1.54, 1.807) is 0 Å². The maximum Gasteiger partial charge on any atom is 0.334 e. The first-order valence-electron chi connectivity index (χ1n) is 15.9. The Balaban J connectivity index is 1.10. The molecule has 1 unspecified atom stereocenters. The van der Waals surface area contributed by atoms with E-state index in [0.29, 0.717) is 0 Å². The van der Waals surface area contributed by atoms with Gasteiger partial charge in [-0.25, -0.2) is 9.57 Å². The molecule has 2 heterocycles. The predicted octanol–water partition coefficient (Wildman–Crippen LogP) is 9.39. The van der Waals surface area contributed by atoms with E-state index in [4.69, 9.17) is 4.99 Å². The van der Waals surface area contributed by atoms with Crippen molar-refractivity contribution >= 4 is 69.9 Å². The molecule has 2 aliphatic heterocycles. The van der Waals surface area contributed by atoms with Gasteiger partial charge in [-0.3, -0.25) is 0 Å². The van der Waals surface area contributed by atoms with Crippen molar-refractivity contribution in [1.82, 2.24) is 0 Å². The fraction of sp³-hybridized carbons (Fsp3) is 0.0714. The molecule has 0 saturated carbocycles. The minimum Gasteiger partial charge on any atom is -0.214 e. The third kappa shape index (κ3) is 4.37. The Labute approximate surface area is 270 Å². The SMILES string of the molecule is C[Si](C)c1ccc(-c2cc3ccc4cc(-c5ccc([N+]6=C(c7ccccc7)N=C7N=CC=CC76)cc5)cc5ccc(c2)c3c45)cc1. The second-order valence-corrected chi connectivity index (χ2v) is 15.1. The summed E-state index contributed by atoms with van der Waals surface area (Å²) in [5.41, 5.74) is 7.16. The minimum atomic E-state index is -0.446. The van der Waals surface area contributed by atoms with Gasteiger partial charge in [0, 0.05) is 6.21 Å². The first kappa shape index (κ1) is 26.9. The molecule has 9 rings (SSSR count). The number of benzene rings is 7. The molecule has 1 atom stereocenters. The summed E-state index contributed by atoms with van der Waals surface area (Å²) >= 11 is 0. The summed E-state index contributed by atoms with van der Waals surface area (Å²) in [4.78, 5) is 9.52.